The fourth-order valence-corrected chi connectivity index (χ4v) is 5.01. The number of aryl methyl sites for hydroxylation is 1. The minimum Gasteiger partial charge on any atom is -0.491 e. The number of carbonyl (C=O) groups is 1. The number of hydrogen-bond donors (Lipinski definition) is 2. The van der Waals surface area contributed by atoms with Crippen LogP contribution in [0.5, 0.6) is 5.75 Å². The molecule has 1 aliphatic heterocycles. The Morgan fingerprint density at radius 1 is 1.05 bits per heavy atom. The van der Waals surface area contributed by atoms with Crippen molar-refractivity contribution in [1.82, 2.24) is 24.9 Å². The van der Waals surface area contributed by atoms with Gasteiger partial charge in [0.15, 0.2) is 0 Å². The zero-order valence-electron chi connectivity index (χ0n) is 24.7. The van der Waals surface area contributed by atoms with Gasteiger partial charge in [0.25, 0.3) is 0 Å². The van der Waals surface area contributed by atoms with Crippen molar-refractivity contribution in [3.63, 3.8) is 0 Å². The number of β-amino-alcohol motifs (C(OH)–C–C–N with tert-alkyl or cyclic N) is 1. The van der Waals surface area contributed by atoms with E-state index in [-0.39, 0.29) is 37.2 Å². The van der Waals surface area contributed by atoms with E-state index in [1.54, 1.807) is 10.7 Å². The largest absolute Gasteiger partial charge is 0.491 e. The van der Waals surface area contributed by atoms with Crippen molar-refractivity contribution in [3.05, 3.63) is 76.9 Å². The zero-order valence-corrected chi connectivity index (χ0v) is 24.7. The molecule has 2 heterocycles. The van der Waals surface area contributed by atoms with Crippen molar-refractivity contribution >= 4 is 5.91 Å². The highest BCUT2D eigenvalue weighted by molar-refractivity contribution is 5.78. The van der Waals surface area contributed by atoms with E-state index in [0.29, 0.717) is 50.0 Å². The van der Waals surface area contributed by atoms with Gasteiger partial charge < -0.3 is 15.2 Å². The van der Waals surface area contributed by atoms with Crippen LogP contribution in [0.2, 0.25) is 0 Å². The van der Waals surface area contributed by atoms with Gasteiger partial charge in [-0.2, -0.15) is 18.3 Å². The Morgan fingerprint density at radius 3 is 2.37 bits per heavy atom. The number of piperazine rings is 1. The van der Waals surface area contributed by atoms with Gasteiger partial charge in [0.05, 0.1) is 30.0 Å². The van der Waals surface area contributed by atoms with E-state index >= 15 is 0 Å². The van der Waals surface area contributed by atoms with Gasteiger partial charge >= 0.3 is 6.18 Å². The molecule has 0 unspecified atom stereocenters. The lowest BCUT2D eigenvalue weighted by Crippen LogP contribution is -2.51. The molecular weight excluding hydrogens is 566 g/mol. The molecule has 1 aromatic heterocycles. The molecule has 43 heavy (non-hydrogen) atoms. The monoisotopic (exact) mass is 605 g/mol. The number of rotatable bonds is 12. The highest BCUT2D eigenvalue weighted by Gasteiger charge is 2.30. The first kappa shape index (κ1) is 32.4. The van der Waals surface area contributed by atoms with Crippen molar-refractivity contribution in [1.29, 1.82) is 0 Å². The molecule has 0 radical (unpaired) electrons. The average Bonchev–Trinajstić information content (AvgIpc) is 3.34. The molecule has 2 aromatic carbocycles. The minimum absolute atomic E-state index is 0.0403. The molecule has 4 rings (SSSR count). The Hall–Kier alpha value is -3.48. The second-order valence-corrected chi connectivity index (χ2v) is 11.4. The van der Waals surface area contributed by atoms with Crippen LogP contribution in [0.4, 0.5) is 17.6 Å². The molecule has 8 nitrogen and oxygen atoms in total. The van der Waals surface area contributed by atoms with E-state index in [1.165, 1.54) is 24.3 Å². The van der Waals surface area contributed by atoms with E-state index in [9.17, 15) is 27.5 Å². The number of benzene rings is 2. The predicted molar refractivity (Wildman–Crippen MR) is 154 cm³/mol. The second kappa shape index (κ2) is 14.3. The minimum atomic E-state index is -4.41. The number of nitrogens with one attached hydrogen (secondary N) is 1. The number of aliphatic hydroxyl groups is 1. The SMILES string of the molecule is Cc1ccc(F)cc1-n1nc(CNC(=O)CN2CCN(C[C@H](O)COc3ccc(C(F)(F)F)cc3)CC2)cc1CC(C)C. The van der Waals surface area contributed by atoms with Crippen LogP contribution in [0.1, 0.15) is 36.4 Å². The Kier molecular flexibility index (Phi) is 10.8. The summed E-state index contributed by atoms with van der Waals surface area (Å²) in [5.74, 6) is 0.177. The van der Waals surface area contributed by atoms with E-state index in [1.807, 2.05) is 17.9 Å². The molecule has 1 aliphatic rings. The summed E-state index contributed by atoms with van der Waals surface area (Å²) in [4.78, 5) is 16.8. The number of aliphatic hydroxyl groups excluding tert-OH is 1. The van der Waals surface area contributed by atoms with Gasteiger partial charge in [-0.1, -0.05) is 19.9 Å². The van der Waals surface area contributed by atoms with Gasteiger partial charge in [0.2, 0.25) is 5.91 Å². The molecule has 1 amide bonds. The maximum atomic E-state index is 14.0. The predicted octanol–water partition coefficient (Wildman–Crippen LogP) is 4.21. The highest BCUT2D eigenvalue weighted by atomic mass is 19.4. The van der Waals surface area contributed by atoms with Gasteiger partial charge in [-0.25, -0.2) is 9.07 Å². The van der Waals surface area contributed by atoms with Gasteiger partial charge in [0.1, 0.15) is 24.3 Å². The van der Waals surface area contributed by atoms with Gasteiger partial charge in [-0.05, 0) is 67.3 Å². The maximum absolute atomic E-state index is 14.0. The first-order valence-electron chi connectivity index (χ1n) is 14.4. The molecule has 234 valence electrons. The summed E-state index contributed by atoms with van der Waals surface area (Å²) in [6.07, 6.45) is -4.46. The lowest BCUT2D eigenvalue weighted by Gasteiger charge is -2.35. The van der Waals surface area contributed by atoms with E-state index < -0.39 is 17.8 Å². The van der Waals surface area contributed by atoms with E-state index in [4.69, 9.17) is 4.74 Å². The molecule has 12 heteroatoms. The summed E-state index contributed by atoms with van der Waals surface area (Å²) in [5, 5.41) is 18.0. The number of aromatic nitrogens is 2. The molecule has 1 atom stereocenters. The Labute approximate surface area is 249 Å². The topological polar surface area (TPSA) is 82.9 Å². The van der Waals surface area contributed by atoms with Crippen molar-refractivity contribution < 1.29 is 32.2 Å². The summed E-state index contributed by atoms with van der Waals surface area (Å²) in [6, 6.07) is 10.9. The van der Waals surface area contributed by atoms with Crippen LogP contribution in [-0.4, -0.2) is 82.6 Å². The summed E-state index contributed by atoms with van der Waals surface area (Å²) in [7, 11) is 0. The van der Waals surface area contributed by atoms with E-state index in [2.05, 4.69) is 29.2 Å². The number of halogens is 4. The summed E-state index contributed by atoms with van der Waals surface area (Å²) in [6.45, 7) is 9.53. The average molecular weight is 606 g/mol. The van der Waals surface area contributed by atoms with E-state index in [0.717, 1.165) is 29.8 Å². The lowest BCUT2D eigenvalue weighted by molar-refractivity contribution is -0.137. The lowest BCUT2D eigenvalue weighted by atomic mass is 10.1. The van der Waals surface area contributed by atoms with Crippen molar-refractivity contribution in [2.24, 2.45) is 5.92 Å². The van der Waals surface area contributed by atoms with Crippen molar-refractivity contribution in [2.45, 2.75) is 46.0 Å². The van der Waals surface area contributed by atoms with Crippen LogP contribution in [0, 0.1) is 18.7 Å². The molecule has 0 saturated carbocycles. The number of alkyl halides is 3. The molecule has 1 fully saturated rings. The van der Waals surface area contributed by atoms with Crippen LogP contribution in [0.25, 0.3) is 5.69 Å². The third kappa shape index (κ3) is 9.50. The smallest absolute Gasteiger partial charge is 0.416 e. The molecule has 0 spiro atoms. The number of amides is 1. The van der Waals surface area contributed by atoms with Crippen LogP contribution in [0.3, 0.4) is 0 Å². The molecule has 1 saturated heterocycles. The normalized spacial score (nSPS) is 15.6. The molecule has 2 N–H and O–H groups in total. The maximum Gasteiger partial charge on any atom is 0.416 e. The number of nitrogens with zero attached hydrogens (tertiary/aromatic N) is 4. The molecule has 0 aliphatic carbocycles. The Bertz CT molecular complexity index is 1350. The standard InChI is InChI=1S/C31H39F4N5O3/c1-21(2)14-26-16-25(37-40(26)29-15-24(32)7-4-22(29)3)17-36-30(42)19-39-12-10-38(11-13-39)18-27(41)20-43-28-8-5-23(6-9-28)31(33,34)35/h4-9,15-16,21,27,41H,10-14,17-20H2,1-3H3,(H,36,42)/t27-/m0/s1. The third-order valence-corrected chi connectivity index (χ3v) is 7.24. The molecule has 3 aromatic rings. The fraction of sp³-hybridized carbons (Fsp3) is 0.484. The Morgan fingerprint density at radius 2 is 1.72 bits per heavy atom. The van der Waals surface area contributed by atoms with Gasteiger partial charge in [-0.3, -0.25) is 14.6 Å². The van der Waals surface area contributed by atoms with Crippen LogP contribution < -0.4 is 10.1 Å². The first-order valence-corrected chi connectivity index (χ1v) is 14.4. The van der Waals surface area contributed by atoms with Crippen LogP contribution in [0.15, 0.2) is 48.5 Å². The third-order valence-electron chi connectivity index (χ3n) is 7.24. The first-order chi connectivity index (χ1) is 20.4. The fourth-order valence-electron chi connectivity index (χ4n) is 5.01. The number of carbonyl (C=O) groups excluding carboxylic acids is 1. The van der Waals surface area contributed by atoms with Crippen molar-refractivity contribution in [3.8, 4) is 11.4 Å². The molecule has 0 bridgehead atoms. The Balaban J connectivity index is 1.20. The second-order valence-electron chi connectivity index (χ2n) is 11.4. The summed E-state index contributed by atoms with van der Waals surface area (Å²) < 4.78 is 59.3. The van der Waals surface area contributed by atoms with Crippen molar-refractivity contribution in [2.75, 3.05) is 45.9 Å². The van der Waals surface area contributed by atoms with Crippen LogP contribution in [-0.2, 0) is 23.9 Å². The number of hydrogen-bond acceptors (Lipinski definition) is 6. The van der Waals surface area contributed by atoms with Gasteiger partial charge in [-0.15, -0.1) is 0 Å². The quantitative estimate of drug-likeness (QED) is 0.301. The van der Waals surface area contributed by atoms with Gasteiger partial charge in [0, 0.05) is 38.4 Å². The summed E-state index contributed by atoms with van der Waals surface area (Å²) in [5.41, 5.74) is 2.49. The summed E-state index contributed by atoms with van der Waals surface area (Å²) >= 11 is 0. The highest BCUT2D eigenvalue weighted by Crippen LogP contribution is 2.30. The zero-order chi connectivity index (χ0) is 31.1. The van der Waals surface area contributed by atoms with Crippen LogP contribution >= 0.6 is 0 Å². The number of ether oxygens (including phenoxy) is 1. The molecular formula is C31H39F4N5O3.